The molecular formula is C3H10KO4P. The van der Waals surface area contributed by atoms with E-state index in [1.165, 1.54) is 0 Å². The molecule has 0 aromatic carbocycles. The van der Waals surface area contributed by atoms with Crippen molar-refractivity contribution >= 4 is 59.2 Å². The molecule has 0 aromatic heterocycles. The van der Waals surface area contributed by atoms with E-state index in [0.29, 0.717) is 0 Å². The summed E-state index contributed by atoms with van der Waals surface area (Å²) in [6.07, 6.45) is -0.421. The Morgan fingerprint density at radius 2 is 1.78 bits per heavy atom. The summed E-state index contributed by atoms with van der Waals surface area (Å²) in [5.41, 5.74) is 0. The van der Waals surface area contributed by atoms with Crippen molar-refractivity contribution in [3.8, 4) is 0 Å². The van der Waals surface area contributed by atoms with Gasteiger partial charge < -0.3 is 9.79 Å². The predicted octanol–water partition coefficient (Wildman–Crippen LogP) is -0.144. The Morgan fingerprint density at radius 3 is 1.78 bits per heavy atom. The standard InChI is InChI=1S/C3H9O4P.K.H/c1-3(2)7-8(4,5)6;;/h3H,1-2H3,(H2,4,5,6);;. The summed E-state index contributed by atoms with van der Waals surface area (Å²) in [6.45, 7) is 3.11. The van der Waals surface area contributed by atoms with Gasteiger partial charge in [-0.25, -0.2) is 4.57 Å². The van der Waals surface area contributed by atoms with Crippen LogP contribution < -0.4 is 0 Å². The van der Waals surface area contributed by atoms with Gasteiger partial charge in [0.25, 0.3) is 0 Å². The molecule has 2 N–H and O–H groups in total. The van der Waals surface area contributed by atoms with E-state index in [9.17, 15) is 4.57 Å². The van der Waals surface area contributed by atoms with Crippen LogP contribution in [-0.4, -0.2) is 67.3 Å². The fraction of sp³-hybridized carbons (Fsp3) is 1.00. The van der Waals surface area contributed by atoms with E-state index in [1.807, 2.05) is 0 Å². The molecule has 52 valence electrons. The molecule has 0 aromatic rings. The van der Waals surface area contributed by atoms with Gasteiger partial charge in [-0.15, -0.1) is 0 Å². The molecule has 9 heavy (non-hydrogen) atoms. The minimum atomic E-state index is -4.22. The van der Waals surface area contributed by atoms with E-state index in [-0.39, 0.29) is 51.4 Å². The average molecular weight is 180 g/mol. The third-order valence-corrected chi connectivity index (χ3v) is 1.04. The second kappa shape index (κ2) is 5.40. The van der Waals surface area contributed by atoms with Crippen LogP contribution in [0.5, 0.6) is 0 Å². The van der Waals surface area contributed by atoms with E-state index in [1.54, 1.807) is 13.8 Å². The molecule has 0 rings (SSSR count). The van der Waals surface area contributed by atoms with Gasteiger partial charge in [-0.05, 0) is 13.8 Å². The van der Waals surface area contributed by atoms with Gasteiger partial charge in [0.2, 0.25) is 0 Å². The van der Waals surface area contributed by atoms with Gasteiger partial charge in [0, 0.05) is 0 Å². The van der Waals surface area contributed by atoms with E-state index >= 15 is 0 Å². The van der Waals surface area contributed by atoms with Crippen molar-refractivity contribution in [1.29, 1.82) is 0 Å². The topological polar surface area (TPSA) is 66.8 Å². The minimum absolute atomic E-state index is 0. The molecule has 0 aliphatic heterocycles. The third-order valence-electron chi connectivity index (χ3n) is 0.348. The summed E-state index contributed by atoms with van der Waals surface area (Å²) in [7, 11) is -4.22. The van der Waals surface area contributed by atoms with E-state index in [4.69, 9.17) is 9.79 Å². The third kappa shape index (κ3) is 12.8. The monoisotopic (exact) mass is 180 g/mol. The molecule has 0 radical (unpaired) electrons. The molecule has 0 unspecified atom stereocenters. The Morgan fingerprint density at radius 1 is 1.44 bits per heavy atom. The Kier molecular flexibility index (Phi) is 8.01. The van der Waals surface area contributed by atoms with Gasteiger partial charge >= 0.3 is 59.2 Å². The van der Waals surface area contributed by atoms with Crippen LogP contribution in [0.15, 0.2) is 0 Å². The molecular weight excluding hydrogens is 170 g/mol. The van der Waals surface area contributed by atoms with Gasteiger partial charge in [0.05, 0.1) is 6.10 Å². The molecule has 0 heterocycles. The number of hydrogen-bond donors (Lipinski definition) is 2. The summed E-state index contributed by atoms with van der Waals surface area (Å²) in [6, 6.07) is 0. The summed E-state index contributed by atoms with van der Waals surface area (Å²) >= 11 is 0. The Hall–Kier alpha value is 1.75. The van der Waals surface area contributed by atoms with Crippen LogP contribution >= 0.6 is 7.82 Å². The van der Waals surface area contributed by atoms with Crippen molar-refractivity contribution in [2.24, 2.45) is 0 Å². The maximum absolute atomic E-state index is 9.91. The Balaban J connectivity index is 0. The zero-order chi connectivity index (χ0) is 6.78. The average Bonchev–Trinajstić information content (AvgIpc) is 1.21. The van der Waals surface area contributed by atoms with Crippen molar-refractivity contribution in [2.75, 3.05) is 0 Å². The first-order valence-corrected chi connectivity index (χ1v) is 3.69. The second-order valence-corrected chi connectivity index (χ2v) is 2.84. The molecule has 0 aliphatic carbocycles. The van der Waals surface area contributed by atoms with Crippen LogP contribution in [0.25, 0.3) is 0 Å². The Labute approximate surface area is 96.6 Å². The molecule has 0 saturated carbocycles. The van der Waals surface area contributed by atoms with Gasteiger partial charge in [-0.1, -0.05) is 0 Å². The van der Waals surface area contributed by atoms with Crippen molar-refractivity contribution in [3.05, 3.63) is 0 Å². The van der Waals surface area contributed by atoms with Crippen LogP contribution in [0.1, 0.15) is 13.8 Å². The molecule has 0 amide bonds. The summed E-state index contributed by atoms with van der Waals surface area (Å²) in [5.74, 6) is 0. The molecule has 0 fully saturated rings. The number of phosphoric ester groups is 1. The fourth-order valence-electron chi connectivity index (χ4n) is 0.275. The first kappa shape index (κ1) is 13.3. The zero-order valence-electron chi connectivity index (χ0n) is 4.74. The van der Waals surface area contributed by atoms with E-state index in [0.717, 1.165) is 0 Å². The quantitative estimate of drug-likeness (QED) is 0.458. The van der Waals surface area contributed by atoms with Gasteiger partial charge in [0.1, 0.15) is 0 Å². The first-order valence-electron chi connectivity index (χ1n) is 2.16. The predicted molar refractivity (Wildman–Crippen MR) is 35.4 cm³/mol. The normalized spacial score (nSPS) is 11.2. The first-order chi connectivity index (χ1) is 3.42. The molecule has 0 spiro atoms. The van der Waals surface area contributed by atoms with Crippen molar-refractivity contribution in [3.63, 3.8) is 0 Å². The van der Waals surface area contributed by atoms with Crippen molar-refractivity contribution in [1.82, 2.24) is 0 Å². The number of phosphoric acid groups is 1. The molecule has 0 atom stereocenters. The van der Waals surface area contributed by atoms with Crippen LogP contribution in [0.3, 0.4) is 0 Å². The van der Waals surface area contributed by atoms with E-state index < -0.39 is 13.9 Å². The van der Waals surface area contributed by atoms with Gasteiger partial charge in [-0.2, -0.15) is 0 Å². The van der Waals surface area contributed by atoms with Gasteiger partial charge in [-0.3, -0.25) is 4.52 Å². The number of hydrogen-bond acceptors (Lipinski definition) is 2. The maximum atomic E-state index is 9.91. The summed E-state index contributed by atoms with van der Waals surface area (Å²) in [5, 5.41) is 0. The van der Waals surface area contributed by atoms with Crippen molar-refractivity contribution in [2.45, 2.75) is 20.0 Å². The second-order valence-electron chi connectivity index (χ2n) is 1.64. The number of rotatable bonds is 2. The van der Waals surface area contributed by atoms with Crippen LogP contribution in [0.2, 0.25) is 0 Å². The molecule has 0 bridgehead atoms. The van der Waals surface area contributed by atoms with Gasteiger partial charge in [0.15, 0.2) is 0 Å². The fourth-order valence-corrected chi connectivity index (χ4v) is 0.824. The van der Waals surface area contributed by atoms with E-state index in [2.05, 4.69) is 4.52 Å². The molecule has 4 nitrogen and oxygen atoms in total. The summed E-state index contributed by atoms with van der Waals surface area (Å²) < 4.78 is 14.0. The molecule has 0 saturated heterocycles. The van der Waals surface area contributed by atoms with Crippen LogP contribution in [0.4, 0.5) is 0 Å². The van der Waals surface area contributed by atoms with Crippen LogP contribution in [0, 0.1) is 0 Å². The molecule has 6 heteroatoms. The SMILES string of the molecule is CC(C)OP(=O)(O)O.[KH]. The van der Waals surface area contributed by atoms with Crippen LogP contribution in [-0.2, 0) is 9.09 Å². The van der Waals surface area contributed by atoms with Crippen molar-refractivity contribution < 1.29 is 18.9 Å². The molecule has 0 aliphatic rings. The summed E-state index contributed by atoms with van der Waals surface area (Å²) in [4.78, 5) is 16.2. The zero-order valence-corrected chi connectivity index (χ0v) is 5.63. The Bertz CT molecular complexity index is 108.